The van der Waals surface area contributed by atoms with Crippen LogP contribution in [0.15, 0.2) is 66.7 Å². The Labute approximate surface area is 370 Å². The van der Waals surface area contributed by atoms with E-state index in [0.29, 0.717) is 10.9 Å². The summed E-state index contributed by atoms with van der Waals surface area (Å²) < 4.78 is 29.8. The van der Waals surface area contributed by atoms with Gasteiger partial charge in [-0.2, -0.15) is 11.5 Å². The number of hydrogen-bond donors (Lipinski definition) is 0. The van der Waals surface area contributed by atoms with Gasteiger partial charge in [0.05, 0.1) is 11.6 Å². The molecule has 1 saturated carbocycles. The van der Waals surface area contributed by atoms with E-state index in [2.05, 4.69) is 28.8 Å². The first-order valence-electron chi connectivity index (χ1n) is 12.2. The Hall–Kier alpha value is 1.55. The summed E-state index contributed by atoms with van der Waals surface area (Å²) in [6.07, 6.45) is 4.79. The first-order chi connectivity index (χ1) is 18.0. The van der Waals surface area contributed by atoms with E-state index in [-0.39, 0.29) is 185 Å². The Morgan fingerprint density at radius 3 is 2.05 bits per heavy atom. The minimum absolute atomic E-state index is 0. The molecule has 1 aliphatic rings. The molecule has 41 heavy (non-hydrogen) atoms. The number of benzene rings is 3. The molecule has 4 nitrogen and oxygen atoms in total. The van der Waals surface area contributed by atoms with Crippen molar-refractivity contribution in [1.82, 2.24) is 4.57 Å². The number of carbonyl (C=O) groups excluding carboxylic acids is 1. The summed E-state index contributed by atoms with van der Waals surface area (Å²) in [7, 11) is 0. The standard InChI is InChI=1S/C29H24F2N3O.CH4S.3Ce.U/c1-18(35)20-9-11-21(12-10-20)27-28-25(33-31)3-2-4-26(28)34(24-15-13-23(30)14-16-24)29(27)22-7-5-19(17-32)6-8-22;1-2;;;;/h2-4,9-16,19,22H,5-8H2,1H3;2H,1H3;;;;/q-1;;;;;/p-1. The maximum absolute atomic E-state index is 13.9. The fraction of sp³-hybridized carbons (Fsp3) is 0.267. The third-order valence-corrected chi connectivity index (χ3v) is 7.06. The van der Waals surface area contributed by atoms with Gasteiger partial charge >= 0.3 is 0 Å². The second-order valence-electron chi connectivity index (χ2n) is 9.14. The summed E-state index contributed by atoms with van der Waals surface area (Å²) in [6.45, 7) is 1.52. The van der Waals surface area contributed by atoms with Crippen molar-refractivity contribution in [3.63, 3.8) is 0 Å². The Balaban J connectivity index is 0.00000261. The van der Waals surface area contributed by atoms with Gasteiger partial charge in [0.25, 0.3) is 0 Å². The normalized spacial score (nSPS) is 15.3. The maximum Gasteiger partial charge on any atom is 0.159 e. The van der Waals surface area contributed by atoms with E-state index >= 15 is 0 Å². The van der Waals surface area contributed by atoms with Crippen LogP contribution >= 0.6 is 0 Å². The predicted octanol–water partition coefficient (Wildman–Crippen LogP) is 8.49. The third kappa shape index (κ3) is 9.77. The average Bonchev–Trinajstić information content (AvgIpc) is 3.30. The maximum atomic E-state index is 13.9. The molecule has 0 saturated heterocycles. The van der Waals surface area contributed by atoms with Crippen LogP contribution in [-0.2, 0) is 12.6 Å². The topological polar surface area (TPSA) is 59.9 Å². The number of ketones is 1. The van der Waals surface area contributed by atoms with Crippen LogP contribution in [0.3, 0.4) is 0 Å². The van der Waals surface area contributed by atoms with E-state index < -0.39 is 0 Å². The molecule has 0 N–H and O–H groups in total. The van der Waals surface area contributed by atoms with Gasteiger partial charge in [0.15, 0.2) is 5.78 Å². The molecule has 0 atom stereocenters. The van der Waals surface area contributed by atoms with Crippen molar-refractivity contribution in [2.45, 2.75) is 38.5 Å². The van der Waals surface area contributed by atoms with E-state index in [0.717, 1.165) is 53.7 Å². The Kier molecular flexibility index (Phi) is 21.4. The fourth-order valence-corrected chi connectivity index (χ4v) is 5.33. The number of rotatable bonds is 5. The zero-order valence-electron chi connectivity index (χ0n) is 22.7. The van der Waals surface area contributed by atoms with Crippen LogP contribution in [0.1, 0.15) is 54.6 Å². The van der Waals surface area contributed by atoms with Crippen molar-refractivity contribution in [1.29, 1.82) is 5.26 Å². The van der Waals surface area contributed by atoms with Crippen molar-refractivity contribution in [3.8, 4) is 22.9 Å². The molecular formula is C30H27Ce3F2N3OSU-2. The van der Waals surface area contributed by atoms with Gasteiger partial charge in [-0.1, -0.05) is 36.4 Å². The molecule has 0 spiro atoms. The first-order valence-corrected chi connectivity index (χ1v) is 13.0. The van der Waals surface area contributed by atoms with Crippen molar-refractivity contribution < 1.29 is 170 Å². The second kappa shape index (κ2) is 20.6. The number of aromatic nitrogens is 1. The Morgan fingerprint density at radius 2 is 1.54 bits per heavy atom. The van der Waals surface area contributed by atoms with Gasteiger partial charge < -0.3 is 27.2 Å². The van der Waals surface area contributed by atoms with Gasteiger partial charge in [-0.25, -0.2) is 4.39 Å². The number of hydrogen-bond acceptors (Lipinski definition) is 3. The van der Waals surface area contributed by atoms with Crippen LogP contribution in [-0.4, -0.2) is 16.6 Å². The molecular weight excluding hydrogens is 1150 g/mol. The molecule has 1 fully saturated rings. The molecule has 11 heteroatoms. The zero-order chi connectivity index (χ0) is 26.5. The minimum Gasteiger partial charge on any atom is -0.796 e. The number of nitriles is 1. The third-order valence-electron chi connectivity index (χ3n) is 7.06. The van der Waals surface area contributed by atoms with Crippen LogP contribution < -0.4 is 0 Å². The molecule has 3 aromatic carbocycles. The number of Topliss-reactive ketones (excluding diaryl/α,β-unsaturated/α-hetero) is 1. The monoisotopic (exact) mass is 1170 g/mol. The minimum atomic E-state index is -0.333. The van der Waals surface area contributed by atoms with Crippen LogP contribution in [0.4, 0.5) is 14.6 Å². The fourth-order valence-electron chi connectivity index (χ4n) is 5.33. The molecule has 4 aromatic rings. The van der Waals surface area contributed by atoms with E-state index in [4.69, 9.17) is 0 Å². The van der Waals surface area contributed by atoms with Gasteiger partial charge in [0.1, 0.15) is 5.82 Å². The summed E-state index contributed by atoms with van der Waals surface area (Å²) in [5.41, 5.74) is 8.18. The molecule has 1 aromatic heterocycles. The SMILES string of the molecule is CC(=O)c1ccc(-c2c(C3CCC(C#N)CC3)n(-c3ccc(F)cc3)c3cccc([N-]F)c23)cc1.C[S-].[Ce].[Ce].[Ce].[U]. The zero-order valence-corrected chi connectivity index (χ0v) is 37.1. The van der Waals surface area contributed by atoms with Crippen molar-refractivity contribution in [3.05, 3.63) is 89.3 Å². The molecule has 0 unspecified atom stereocenters. The van der Waals surface area contributed by atoms with Gasteiger partial charge in [0, 0.05) is 191 Å². The Morgan fingerprint density at radius 1 is 0.951 bits per heavy atom. The summed E-state index contributed by atoms with van der Waals surface area (Å²) in [6, 6.07) is 21.3. The largest absolute Gasteiger partial charge is 0.796 e. The summed E-state index contributed by atoms with van der Waals surface area (Å²) >= 11 is 4.08. The van der Waals surface area contributed by atoms with E-state index in [1.807, 2.05) is 18.2 Å². The predicted molar refractivity (Wildman–Crippen MR) is 146 cm³/mol. The van der Waals surface area contributed by atoms with Gasteiger partial charge in [0.2, 0.25) is 0 Å². The molecule has 206 valence electrons. The van der Waals surface area contributed by atoms with E-state index in [9.17, 15) is 18.9 Å². The molecule has 1 heterocycles. The average molecular weight is 1170 g/mol. The van der Waals surface area contributed by atoms with E-state index in [1.54, 1.807) is 42.7 Å². The molecule has 0 amide bonds. The number of halogens is 2. The smallest absolute Gasteiger partial charge is 0.159 e. The van der Waals surface area contributed by atoms with Crippen molar-refractivity contribution in [2.75, 3.05) is 6.26 Å². The quantitative estimate of drug-likeness (QED) is 0.149. The number of fused-ring (bicyclic) bond motifs is 1. The molecule has 1 aliphatic carbocycles. The first kappa shape index (κ1) is 42.6. The van der Waals surface area contributed by atoms with E-state index in [1.165, 1.54) is 19.1 Å². The van der Waals surface area contributed by atoms with Crippen LogP contribution in [0.25, 0.3) is 33.3 Å². The van der Waals surface area contributed by atoms with Gasteiger partial charge in [-0.05, 0) is 73.9 Å². The van der Waals surface area contributed by atoms with Gasteiger partial charge in [-0.15, -0.1) is 5.69 Å². The Bertz CT molecular complexity index is 1450. The van der Waals surface area contributed by atoms with Crippen molar-refractivity contribution in [2.24, 2.45) is 5.92 Å². The van der Waals surface area contributed by atoms with Crippen LogP contribution in [0.5, 0.6) is 0 Å². The molecule has 0 radical (unpaired) electrons. The molecule has 5 rings (SSSR count). The molecule has 0 aliphatic heterocycles. The van der Waals surface area contributed by atoms with Crippen LogP contribution in [0, 0.1) is 179 Å². The second-order valence-corrected chi connectivity index (χ2v) is 9.14. The van der Waals surface area contributed by atoms with Crippen LogP contribution in [0.2, 0.25) is 0 Å². The summed E-state index contributed by atoms with van der Waals surface area (Å²) in [4.78, 5) is 11.9. The summed E-state index contributed by atoms with van der Waals surface area (Å²) in [5.74, 6) is -0.211. The van der Waals surface area contributed by atoms with Crippen molar-refractivity contribution >= 4 is 35.0 Å². The number of nitrogens with zero attached hydrogens (tertiary/aromatic N) is 3. The van der Waals surface area contributed by atoms with Gasteiger partial charge in [-0.3, -0.25) is 4.79 Å². The summed E-state index contributed by atoms with van der Waals surface area (Å²) in [5, 5.41) is 10.1. The molecule has 0 bridgehead atoms. The number of carbonyl (C=O) groups is 1.